The Morgan fingerprint density at radius 2 is 1.57 bits per heavy atom. The highest BCUT2D eigenvalue weighted by Crippen LogP contribution is 2.64. The van der Waals surface area contributed by atoms with Gasteiger partial charge in [0.05, 0.1) is 35.6 Å². The van der Waals surface area contributed by atoms with Crippen LogP contribution in [-0.4, -0.2) is 105 Å². The van der Waals surface area contributed by atoms with Crippen molar-refractivity contribution in [3.05, 3.63) is 95.1 Å². The van der Waals surface area contributed by atoms with Crippen molar-refractivity contribution in [3.8, 4) is 0 Å². The van der Waals surface area contributed by atoms with Crippen LogP contribution in [0.2, 0.25) is 0 Å². The fourth-order valence-corrected chi connectivity index (χ4v) is 9.96. The lowest BCUT2D eigenvalue weighted by Gasteiger charge is -2.67. The van der Waals surface area contributed by atoms with Crippen molar-refractivity contribution in [3.63, 3.8) is 0 Å². The summed E-state index contributed by atoms with van der Waals surface area (Å²) in [5.41, 5.74) is -7.19. The smallest absolute Gasteiger partial charge is 0.338 e. The molecular formula is C46H55NO14. The highest BCUT2D eigenvalue weighted by Gasteiger charge is 2.78. The molecule has 4 N–H and O–H groups in total. The zero-order valence-corrected chi connectivity index (χ0v) is 35.4. The molecule has 328 valence electrons. The molecule has 1 heterocycles. The molecule has 4 aliphatic rings. The Morgan fingerprint density at radius 3 is 2.15 bits per heavy atom. The molecule has 2 aromatic carbocycles. The molecule has 61 heavy (non-hydrogen) atoms. The summed E-state index contributed by atoms with van der Waals surface area (Å²) in [7, 11) is 0. The van der Waals surface area contributed by atoms with E-state index >= 15 is 4.79 Å². The zero-order valence-electron chi connectivity index (χ0n) is 35.4. The molecule has 2 aromatic rings. The molecule has 0 radical (unpaired) electrons. The third-order valence-electron chi connectivity index (χ3n) is 13.2. The van der Waals surface area contributed by atoms with Gasteiger partial charge in [-0.05, 0) is 49.1 Å². The summed E-state index contributed by atoms with van der Waals surface area (Å²) in [5, 5.41) is 40.1. The maximum atomic E-state index is 15.5. The molecule has 2 bridgehead atoms. The third kappa shape index (κ3) is 7.92. The first-order chi connectivity index (χ1) is 28.7. The first kappa shape index (κ1) is 45.3. The number of aliphatic hydroxyl groups excluding tert-OH is 2. The van der Waals surface area contributed by atoms with Crippen LogP contribution in [0.15, 0.2) is 84.0 Å². The molecule has 15 nitrogen and oxygen atoms in total. The van der Waals surface area contributed by atoms with Crippen LogP contribution in [0.4, 0.5) is 0 Å². The molecule has 2 saturated carbocycles. The molecular weight excluding hydrogens is 790 g/mol. The molecule has 0 unspecified atom stereocenters. The lowest BCUT2D eigenvalue weighted by Crippen LogP contribution is -2.82. The number of hydrogen-bond acceptors (Lipinski definition) is 14. The number of allylic oxidation sites excluding steroid dienone is 1. The monoisotopic (exact) mass is 845 g/mol. The molecule has 15 heteroatoms. The van der Waals surface area contributed by atoms with E-state index in [4.69, 9.17) is 23.7 Å². The molecule has 3 aliphatic carbocycles. The standard InChI is InChI=1S/C46H55NO14/c1-8-9-12-21-33(51)47-35(28-17-13-10-14-18-28)36(52)42(55)59-30-23-46(56)40(60-41(54)29-19-15-11-16-20-29)38-44(7,31(50)22-32-45(38,24-57-32)61-27(4)49)39(53)37(58-26(3)48)34(25(30)2)43(46,5)6/h9-20,30-32,35-38,40,50,52,56H,8,21-24H2,1-7H3,(H,47,51)/b12-9-/t30-,31-,32+,35-,36+,37+,38-,40-,44+,45-,46+/m0/s1. The second-order valence-electron chi connectivity index (χ2n) is 17.2. The van der Waals surface area contributed by atoms with Gasteiger partial charge in [-0.15, -0.1) is 0 Å². The second kappa shape index (κ2) is 17.3. The van der Waals surface area contributed by atoms with Crippen molar-refractivity contribution < 1.29 is 67.8 Å². The van der Waals surface area contributed by atoms with Crippen LogP contribution in [0.3, 0.4) is 0 Å². The van der Waals surface area contributed by atoms with Crippen molar-refractivity contribution in [2.45, 2.75) is 128 Å². The normalized spacial score (nSPS) is 32.4. The number of ether oxygens (including phenoxy) is 5. The predicted octanol–water partition coefficient (Wildman–Crippen LogP) is 3.78. The van der Waals surface area contributed by atoms with Gasteiger partial charge in [0.2, 0.25) is 5.91 Å². The number of fused-ring (bicyclic) bond motifs is 5. The van der Waals surface area contributed by atoms with Crippen molar-refractivity contribution in [2.75, 3.05) is 6.61 Å². The minimum atomic E-state index is -2.38. The topological polar surface area (TPSA) is 221 Å². The van der Waals surface area contributed by atoms with E-state index in [9.17, 15) is 39.3 Å². The van der Waals surface area contributed by atoms with Gasteiger partial charge in [0.15, 0.2) is 23.6 Å². The minimum Gasteiger partial charge on any atom is -0.456 e. The van der Waals surface area contributed by atoms with Gasteiger partial charge in [0.1, 0.15) is 23.9 Å². The summed E-state index contributed by atoms with van der Waals surface area (Å²) in [5.74, 6) is -6.68. The van der Waals surface area contributed by atoms with E-state index in [2.05, 4.69) is 5.32 Å². The first-order valence-corrected chi connectivity index (χ1v) is 20.5. The van der Waals surface area contributed by atoms with Crippen LogP contribution in [0.5, 0.6) is 0 Å². The molecule has 11 atom stereocenters. The van der Waals surface area contributed by atoms with Crippen LogP contribution in [0.25, 0.3) is 0 Å². The highest BCUT2D eigenvalue weighted by molar-refractivity contribution is 5.95. The molecule has 0 spiro atoms. The molecule has 1 amide bonds. The number of Topliss-reactive ketones (excluding diaryl/α,β-unsaturated/α-hetero) is 1. The van der Waals surface area contributed by atoms with E-state index in [0.29, 0.717) is 12.0 Å². The summed E-state index contributed by atoms with van der Waals surface area (Å²) >= 11 is 0. The predicted molar refractivity (Wildman–Crippen MR) is 216 cm³/mol. The Hall–Kier alpha value is -5.22. The van der Waals surface area contributed by atoms with E-state index in [1.165, 1.54) is 26.0 Å². The fraction of sp³-hybridized carbons (Fsp3) is 0.522. The number of amides is 1. The minimum absolute atomic E-state index is 0.00511. The van der Waals surface area contributed by atoms with Crippen molar-refractivity contribution in [1.29, 1.82) is 0 Å². The quantitative estimate of drug-likeness (QED) is 0.136. The summed E-state index contributed by atoms with van der Waals surface area (Å²) < 4.78 is 30.2. The van der Waals surface area contributed by atoms with Crippen LogP contribution >= 0.6 is 0 Å². The summed E-state index contributed by atoms with van der Waals surface area (Å²) in [6.07, 6.45) is -6.28. The Balaban J connectivity index is 1.53. The molecule has 0 aromatic heterocycles. The number of rotatable bonds is 12. The second-order valence-corrected chi connectivity index (χ2v) is 17.2. The summed E-state index contributed by atoms with van der Waals surface area (Å²) in [4.78, 5) is 82.9. The average molecular weight is 846 g/mol. The van der Waals surface area contributed by atoms with Crippen LogP contribution in [0, 0.1) is 16.7 Å². The highest BCUT2D eigenvalue weighted by atomic mass is 16.6. The lowest BCUT2D eigenvalue weighted by atomic mass is 9.44. The molecule has 1 aliphatic heterocycles. The van der Waals surface area contributed by atoms with Gasteiger partial charge in [0.25, 0.3) is 0 Å². The Labute approximate surface area is 354 Å². The maximum Gasteiger partial charge on any atom is 0.338 e. The molecule has 3 fully saturated rings. The van der Waals surface area contributed by atoms with Gasteiger partial charge in [-0.3, -0.25) is 19.2 Å². The van der Waals surface area contributed by atoms with Gasteiger partial charge < -0.3 is 44.3 Å². The number of nitrogens with one attached hydrogen (secondary N) is 1. The first-order valence-electron chi connectivity index (χ1n) is 20.5. The van der Waals surface area contributed by atoms with E-state index in [1.54, 1.807) is 74.5 Å². The number of carbonyl (C=O) groups excluding carboxylic acids is 6. The average Bonchev–Trinajstić information content (AvgIpc) is 3.21. The zero-order chi connectivity index (χ0) is 44.7. The van der Waals surface area contributed by atoms with Crippen molar-refractivity contribution in [1.82, 2.24) is 5.32 Å². The number of ketones is 1. The number of hydrogen-bond donors (Lipinski definition) is 4. The SMILES string of the molecule is CC/C=C\CC(=O)N[C@@H](c1ccccc1)[C@@H](O)C(=O)O[C@H]1C[C@@]2(O)[C@@H](OC(=O)c3ccccc3)[C@@H]3[C@]4(OC(C)=O)CO[C@@H]4C[C@H](O)[C@@]3(C)C(=O)[C@H](OC(C)=O)C(=C1C)C2(C)C. The molecule has 1 saturated heterocycles. The van der Waals surface area contributed by atoms with Gasteiger partial charge in [-0.25, -0.2) is 9.59 Å². The Bertz CT molecular complexity index is 2100. The van der Waals surface area contributed by atoms with Crippen LogP contribution in [0.1, 0.15) is 96.1 Å². The van der Waals surface area contributed by atoms with Crippen LogP contribution < -0.4 is 5.32 Å². The van der Waals surface area contributed by atoms with E-state index < -0.39 is 113 Å². The summed E-state index contributed by atoms with van der Waals surface area (Å²) in [6, 6.07) is 14.9. The molecule has 6 rings (SSSR count). The largest absolute Gasteiger partial charge is 0.456 e. The van der Waals surface area contributed by atoms with E-state index in [1.807, 2.05) is 6.92 Å². The Kier molecular flexibility index (Phi) is 12.8. The van der Waals surface area contributed by atoms with Crippen molar-refractivity contribution in [2.24, 2.45) is 16.7 Å². The number of aliphatic hydroxyl groups is 3. The van der Waals surface area contributed by atoms with Crippen LogP contribution in [-0.2, 0) is 47.7 Å². The van der Waals surface area contributed by atoms with Gasteiger partial charge >= 0.3 is 23.9 Å². The summed E-state index contributed by atoms with van der Waals surface area (Å²) in [6.45, 7) is 9.91. The van der Waals surface area contributed by atoms with Gasteiger partial charge in [-0.1, -0.05) is 81.5 Å². The Morgan fingerprint density at radius 1 is 0.934 bits per heavy atom. The number of esters is 4. The van der Waals surface area contributed by atoms with Crippen molar-refractivity contribution >= 4 is 35.6 Å². The lowest BCUT2D eigenvalue weighted by molar-refractivity contribution is -0.346. The van der Waals surface area contributed by atoms with E-state index in [0.717, 1.165) is 13.8 Å². The van der Waals surface area contributed by atoms with E-state index in [-0.39, 0.29) is 36.2 Å². The van der Waals surface area contributed by atoms with Gasteiger partial charge in [0, 0.05) is 38.5 Å². The maximum absolute atomic E-state index is 15.5. The number of carbonyl (C=O) groups is 6. The van der Waals surface area contributed by atoms with Gasteiger partial charge in [-0.2, -0.15) is 0 Å². The third-order valence-corrected chi connectivity index (χ3v) is 13.2. The number of benzene rings is 2. The fourth-order valence-electron chi connectivity index (χ4n) is 9.96.